The average Bonchev–Trinajstić information content (AvgIpc) is 2.88. The van der Waals surface area contributed by atoms with Gasteiger partial charge in [-0.3, -0.25) is 9.59 Å². The number of halogens is 1. The van der Waals surface area contributed by atoms with Crippen LogP contribution in [0.3, 0.4) is 0 Å². The number of hydrogen-bond donors (Lipinski definition) is 1. The van der Waals surface area contributed by atoms with E-state index in [9.17, 15) is 14.0 Å². The fraction of sp³-hybridized carbons (Fsp3) is 0.231. The summed E-state index contributed by atoms with van der Waals surface area (Å²) in [5, 5.41) is 9.80. The highest BCUT2D eigenvalue weighted by Gasteiger charge is 2.06. The molecule has 1 amide bonds. The Kier molecular flexibility index (Phi) is 4.19. The molecule has 1 N–H and O–H groups in total. The van der Waals surface area contributed by atoms with Gasteiger partial charge in [-0.05, 0) is 24.1 Å². The zero-order chi connectivity index (χ0) is 14.5. The fourth-order valence-corrected chi connectivity index (χ4v) is 1.59. The van der Waals surface area contributed by atoms with Crippen LogP contribution in [0.4, 0.5) is 4.39 Å². The van der Waals surface area contributed by atoms with E-state index in [2.05, 4.69) is 15.6 Å². The van der Waals surface area contributed by atoms with Gasteiger partial charge in [0.2, 0.25) is 5.91 Å². The lowest BCUT2D eigenvalue weighted by Gasteiger charge is -2.06. The lowest BCUT2D eigenvalue weighted by Crippen LogP contribution is -2.27. The molecule has 0 radical (unpaired) electrons. The van der Waals surface area contributed by atoms with Gasteiger partial charge in [-0.2, -0.15) is 0 Å². The van der Waals surface area contributed by atoms with Crippen molar-refractivity contribution in [3.05, 3.63) is 47.0 Å². The Morgan fingerprint density at radius 2 is 2.30 bits per heavy atom. The number of carbonyl (C=O) groups is 2. The smallest absolute Gasteiger partial charge is 0.242 e. The van der Waals surface area contributed by atoms with Gasteiger partial charge >= 0.3 is 0 Å². The minimum Gasteiger partial charge on any atom is -0.350 e. The van der Waals surface area contributed by atoms with E-state index in [1.165, 1.54) is 16.9 Å². The van der Waals surface area contributed by atoms with Crippen molar-refractivity contribution in [3.63, 3.8) is 0 Å². The van der Waals surface area contributed by atoms with Crippen LogP contribution in [0.1, 0.15) is 21.6 Å². The molecule has 1 heterocycles. The van der Waals surface area contributed by atoms with Gasteiger partial charge in [0, 0.05) is 6.54 Å². The molecule has 1 aromatic heterocycles. The SMILES string of the molecule is Cc1ccc(CNC(=O)Cn2cc(C=O)nn2)cc1F. The predicted molar refractivity (Wildman–Crippen MR) is 68.4 cm³/mol. The topological polar surface area (TPSA) is 76.9 Å². The Bertz CT molecular complexity index is 639. The number of hydrogen-bond acceptors (Lipinski definition) is 4. The molecule has 6 nitrogen and oxygen atoms in total. The summed E-state index contributed by atoms with van der Waals surface area (Å²) < 4.78 is 14.6. The minimum absolute atomic E-state index is 0.0464. The van der Waals surface area contributed by atoms with Crippen LogP contribution in [0, 0.1) is 12.7 Å². The predicted octanol–water partition coefficient (Wildman–Crippen LogP) is 0.855. The Balaban J connectivity index is 1.88. The second-order valence-electron chi connectivity index (χ2n) is 4.32. The van der Waals surface area contributed by atoms with Gasteiger partial charge in [0.25, 0.3) is 0 Å². The van der Waals surface area contributed by atoms with Crippen molar-refractivity contribution in [3.8, 4) is 0 Å². The summed E-state index contributed by atoms with van der Waals surface area (Å²) in [6, 6.07) is 4.79. The number of aldehydes is 1. The molecule has 2 rings (SSSR count). The average molecular weight is 276 g/mol. The first-order chi connectivity index (χ1) is 9.58. The van der Waals surface area contributed by atoms with Crippen LogP contribution in [0.2, 0.25) is 0 Å². The van der Waals surface area contributed by atoms with E-state index in [0.29, 0.717) is 17.4 Å². The summed E-state index contributed by atoms with van der Waals surface area (Å²) >= 11 is 0. The van der Waals surface area contributed by atoms with Crippen molar-refractivity contribution in [2.75, 3.05) is 0 Å². The van der Waals surface area contributed by atoms with E-state index >= 15 is 0 Å². The van der Waals surface area contributed by atoms with Crippen LogP contribution in [0.15, 0.2) is 24.4 Å². The zero-order valence-corrected chi connectivity index (χ0v) is 10.8. The summed E-state index contributed by atoms with van der Waals surface area (Å²) in [7, 11) is 0. The highest BCUT2D eigenvalue weighted by Crippen LogP contribution is 2.08. The Hall–Kier alpha value is -2.57. The summed E-state index contributed by atoms with van der Waals surface area (Å²) in [5.41, 5.74) is 1.40. The van der Waals surface area contributed by atoms with Crippen molar-refractivity contribution >= 4 is 12.2 Å². The molecule has 2 aromatic rings. The van der Waals surface area contributed by atoms with Gasteiger partial charge in [0.05, 0.1) is 6.20 Å². The quantitative estimate of drug-likeness (QED) is 0.821. The Morgan fingerprint density at radius 3 is 2.95 bits per heavy atom. The third kappa shape index (κ3) is 3.47. The van der Waals surface area contributed by atoms with E-state index < -0.39 is 0 Å². The van der Waals surface area contributed by atoms with Crippen molar-refractivity contribution in [2.45, 2.75) is 20.0 Å². The maximum Gasteiger partial charge on any atom is 0.242 e. The second kappa shape index (κ2) is 6.05. The van der Waals surface area contributed by atoms with Crippen LogP contribution in [0.5, 0.6) is 0 Å². The van der Waals surface area contributed by atoms with Gasteiger partial charge in [-0.1, -0.05) is 17.3 Å². The molecule has 1 aromatic carbocycles. The second-order valence-corrected chi connectivity index (χ2v) is 4.32. The first-order valence-electron chi connectivity index (χ1n) is 5.95. The molecule has 0 aliphatic carbocycles. The number of benzene rings is 1. The summed E-state index contributed by atoms with van der Waals surface area (Å²) in [4.78, 5) is 22.1. The van der Waals surface area contributed by atoms with Crippen molar-refractivity contribution < 1.29 is 14.0 Å². The van der Waals surface area contributed by atoms with E-state index in [-0.39, 0.29) is 30.5 Å². The molecule has 0 saturated heterocycles. The van der Waals surface area contributed by atoms with Crippen molar-refractivity contribution in [2.24, 2.45) is 0 Å². The summed E-state index contributed by atoms with van der Waals surface area (Å²) in [5.74, 6) is -0.600. The van der Waals surface area contributed by atoms with E-state index in [0.717, 1.165) is 0 Å². The molecular weight excluding hydrogens is 263 g/mol. The van der Waals surface area contributed by atoms with Crippen molar-refractivity contribution in [1.29, 1.82) is 0 Å². The van der Waals surface area contributed by atoms with Gasteiger partial charge in [0.1, 0.15) is 18.1 Å². The van der Waals surface area contributed by atoms with Crippen LogP contribution < -0.4 is 5.32 Å². The molecule has 0 saturated carbocycles. The van der Waals surface area contributed by atoms with Gasteiger partial charge < -0.3 is 5.32 Å². The molecule has 0 aliphatic rings. The van der Waals surface area contributed by atoms with Gasteiger partial charge in [-0.15, -0.1) is 5.10 Å². The Labute approximate surface area is 114 Å². The monoisotopic (exact) mass is 276 g/mol. The fourth-order valence-electron chi connectivity index (χ4n) is 1.59. The van der Waals surface area contributed by atoms with E-state index in [1.54, 1.807) is 19.1 Å². The minimum atomic E-state index is -0.302. The molecule has 20 heavy (non-hydrogen) atoms. The van der Waals surface area contributed by atoms with Gasteiger partial charge in [0.15, 0.2) is 6.29 Å². The van der Waals surface area contributed by atoms with Crippen molar-refractivity contribution in [1.82, 2.24) is 20.3 Å². The molecule has 0 aliphatic heterocycles. The highest BCUT2D eigenvalue weighted by atomic mass is 19.1. The number of rotatable bonds is 5. The lowest BCUT2D eigenvalue weighted by molar-refractivity contribution is -0.122. The van der Waals surface area contributed by atoms with Crippen LogP contribution >= 0.6 is 0 Å². The molecule has 0 bridgehead atoms. The Morgan fingerprint density at radius 1 is 1.50 bits per heavy atom. The van der Waals surface area contributed by atoms with Crippen LogP contribution in [0.25, 0.3) is 0 Å². The number of amides is 1. The molecule has 104 valence electrons. The molecule has 0 unspecified atom stereocenters. The normalized spacial score (nSPS) is 10.3. The summed E-state index contributed by atoms with van der Waals surface area (Å²) in [6.45, 7) is 1.85. The van der Waals surface area contributed by atoms with Gasteiger partial charge in [-0.25, -0.2) is 9.07 Å². The first-order valence-corrected chi connectivity index (χ1v) is 5.95. The van der Waals surface area contributed by atoms with E-state index in [4.69, 9.17) is 0 Å². The number of aromatic nitrogens is 3. The first kappa shape index (κ1) is 13.9. The molecule has 7 heteroatoms. The molecule has 0 spiro atoms. The zero-order valence-electron chi connectivity index (χ0n) is 10.8. The number of nitrogens with zero attached hydrogens (tertiary/aromatic N) is 3. The third-order valence-electron chi connectivity index (χ3n) is 2.71. The molecule has 0 atom stereocenters. The molecule has 0 fully saturated rings. The maximum atomic E-state index is 13.3. The standard InChI is InChI=1S/C13H13FN4O2/c1-9-2-3-10(4-12(9)14)5-15-13(20)7-18-6-11(8-19)16-17-18/h2-4,6,8H,5,7H2,1H3,(H,15,20). The largest absolute Gasteiger partial charge is 0.350 e. The maximum absolute atomic E-state index is 13.3. The third-order valence-corrected chi connectivity index (χ3v) is 2.71. The van der Waals surface area contributed by atoms with Crippen LogP contribution in [-0.4, -0.2) is 27.2 Å². The number of nitrogens with one attached hydrogen (secondary N) is 1. The number of aryl methyl sites for hydroxylation is 1. The molecular formula is C13H13FN4O2. The van der Waals surface area contributed by atoms with Crippen LogP contribution in [-0.2, 0) is 17.9 Å². The number of carbonyl (C=O) groups excluding carboxylic acids is 2. The van der Waals surface area contributed by atoms with E-state index in [1.807, 2.05) is 0 Å². The lowest BCUT2D eigenvalue weighted by atomic mass is 10.1. The summed E-state index contributed by atoms with van der Waals surface area (Å²) in [6.07, 6.45) is 1.93. The highest BCUT2D eigenvalue weighted by molar-refractivity contribution is 5.76.